The normalized spacial score (nSPS) is 12.3. The zero-order chi connectivity index (χ0) is 19.7. The average molecular weight is 402 g/mol. The number of hydrogen-bond acceptors (Lipinski definition) is 5. The Morgan fingerprint density at radius 3 is 2.59 bits per heavy atom. The molecule has 0 N–H and O–H groups in total. The number of carbonyl (C=O) groups excluding carboxylic acids is 1. The third-order valence-electron chi connectivity index (χ3n) is 4.67. The number of benzene rings is 1. The second-order valence-corrected chi connectivity index (χ2v) is 8.91. The highest BCUT2D eigenvalue weighted by atomic mass is 32.2. The number of anilines is 1. The van der Waals surface area contributed by atoms with Crippen LogP contribution >= 0.6 is 23.1 Å². The Bertz CT molecular complexity index is 1040. The van der Waals surface area contributed by atoms with E-state index >= 15 is 0 Å². The summed E-state index contributed by atoms with van der Waals surface area (Å²) in [4.78, 5) is 34.0. The number of aromatic nitrogens is 2. The summed E-state index contributed by atoms with van der Waals surface area (Å²) < 4.78 is 1.67. The Kier molecular flexibility index (Phi) is 5.72. The standard InChI is InChI=1S/C20H23N3O2S2/c1-6-23-19(25)16-12(2)13(3)26-17(16)21-20(23)27-14(4)18(24)22(5)15-10-8-7-9-11-15/h7-11,14H,6H2,1-5H3. The summed E-state index contributed by atoms with van der Waals surface area (Å²) in [6.07, 6.45) is 0. The maximum absolute atomic E-state index is 12.9. The maximum atomic E-state index is 12.9. The van der Waals surface area contributed by atoms with Crippen LogP contribution in [0.25, 0.3) is 10.2 Å². The van der Waals surface area contributed by atoms with E-state index in [0.717, 1.165) is 21.0 Å². The van der Waals surface area contributed by atoms with Crippen LogP contribution < -0.4 is 10.5 Å². The van der Waals surface area contributed by atoms with Crippen LogP contribution in [0, 0.1) is 13.8 Å². The second-order valence-electron chi connectivity index (χ2n) is 6.40. The Hall–Kier alpha value is -2.12. The van der Waals surface area contributed by atoms with E-state index in [1.165, 1.54) is 23.1 Å². The SMILES string of the molecule is CCn1c(SC(C)C(=O)N(C)c2ccccc2)nc2sc(C)c(C)c2c1=O. The van der Waals surface area contributed by atoms with Crippen molar-refractivity contribution in [3.8, 4) is 0 Å². The first-order valence-corrected chi connectivity index (χ1v) is 10.5. The van der Waals surface area contributed by atoms with Crippen molar-refractivity contribution in [1.29, 1.82) is 0 Å². The molecule has 1 aromatic carbocycles. The molecule has 0 fully saturated rings. The molecule has 5 nitrogen and oxygen atoms in total. The van der Waals surface area contributed by atoms with E-state index in [1.54, 1.807) is 16.5 Å². The van der Waals surface area contributed by atoms with Crippen LogP contribution in [0.1, 0.15) is 24.3 Å². The Labute approximate surface area is 167 Å². The van der Waals surface area contributed by atoms with Gasteiger partial charge in [-0.05, 0) is 45.4 Å². The molecule has 0 spiro atoms. The van der Waals surface area contributed by atoms with Crippen molar-refractivity contribution in [2.24, 2.45) is 0 Å². The van der Waals surface area contributed by atoms with E-state index in [4.69, 9.17) is 4.98 Å². The fourth-order valence-corrected chi connectivity index (χ4v) is 5.07. The van der Waals surface area contributed by atoms with Crippen molar-refractivity contribution in [3.05, 3.63) is 51.1 Å². The van der Waals surface area contributed by atoms with Gasteiger partial charge in [0.2, 0.25) is 5.91 Å². The number of rotatable bonds is 5. The minimum absolute atomic E-state index is 0.0251. The lowest BCUT2D eigenvalue weighted by Crippen LogP contribution is -2.34. The van der Waals surface area contributed by atoms with Crippen LogP contribution in [0.4, 0.5) is 5.69 Å². The predicted octanol–water partition coefficient (Wildman–Crippen LogP) is 4.24. The van der Waals surface area contributed by atoms with Crippen LogP contribution in [0.15, 0.2) is 40.3 Å². The summed E-state index contributed by atoms with van der Waals surface area (Å²) in [5.41, 5.74) is 1.82. The topological polar surface area (TPSA) is 55.2 Å². The summed E-state index contributed by atoms with van der Waals surface area (Å²) in [6.45, 7) is 8.27. The molecule has 0 saturated heterocycles. The second kappa shape index (κ2) is 7.86. The molecular formula is C20H23N3O2S2. The number of thiophene rings is 1. The van der Waals surface area contributed by atoms with Crippen molar-refractivity contribution < 1.29 is 4.79 Å². The minimum Gasteiger partial charge on any atom is -0.315 e. The van der Waals surface area contributed by atoms with Crippen molar-refractivity contribution in [2.75, 3.05) is 11.9 Å². The molecule has 27 heavy (non-hydrogen) atoms. The highest BCUT2D eigenvalue weighted by molar-refractivity contribution is 8.00. The zero-order valence-electron chi connectivity index (χ0n) is 16.1. The third kappa shape index (κ3) is 3.66. The van der Waals surface area contributed by atoms with Crippen molar-refractivity contribution in [2.45, 2.75) is 44.6 Å². The zero-order valence-corrected chi connectivity index (χ0v) is 17.8. The highest BCUT2D eigenvalue weighted by Gasteiger charge is 2.23. The van der Waals surface area contributed by atoms with E-state index in [1.807, 2.05) is 58.0 Å². The summed E-state index contributed by atoms with van der Waals surface area (Å²) in [6, 6.07) is 9.53. The van der Waals surface area contributed by atoms with Crippen LogP contribution in [0.2, 0.25) is 0 Å². The molecule has 0 aliphatic carbocycles. The van der Waals surface area contributed by atoms with E-state index in [9.17, 15) is 9.59 Å². The van der Waals surface area contributed by atoms with Gasteiger partial charge in [-0.15, -0.1) is 11.3 Å². The lowest BCUT2D eigenvalue weighted by Gasteiger charge is -2.21. The lowest BCUT2D eigenvalue weighted by molar-refractivity contribution is -0.117. The van der Waals surface area contributed by atoms with Crippen molar-refractivity contribution in [3.63, 3.8) is 0 Å². The molecule has 2 aromatic heterocycles. The molecule has 2 heterocycles. The molecule has 0 bridgehead atoms. The summed E-state index contributed by atoms with van der Waals surface area (Å²) in [5, 5.41) is 0.933. The molecule has 1 atom stereocenters. The number of aryl methyl sites for hydroxylation is 2. The molecule has 3 rings (SSSR count). The number of para-hydroxylation sites is 1. The molecule has 1 unspecified atom stereocenters. The smallest absolute Gasteiger partial charge is 0.263 e. The quantitative estimate of drug-likeness (QED) is 0.474. The average Bonchev–Trinajstić information content (AvgIpc) is 2.95. The molecule has 142 valence electrons. The number of thioether (sulfide) groups is 1. The van der Waals surface area contributed by atoms with Gasteiger partial charge in [-0.2, -0.15) is 0 Å². The minimum atomic E-state index is -0.362. The van der Waals surface area contributed by atoms with Gasteiger partial charge in [0.25, 0.3) is 5.56 Å². The van der Waals surface area contributed by atoms with E-state index in [0.29, 0.717) is 17.1 Å². The number of fused-ring (bicyclic) bond motifs is 1. The van der Waals surface area contributed by atoms with E-state index in [-0.39, 0.29) is 16.7 Å². The molecule has 0 saturated carbocycles. The Morgan fingerprint density at radius 2 is 1.96 bits per heavy atom. The van der Waals surface area contributed by atoms with Crippen molar-refractivity contribution >= 4 is 44.9 Å². The molecule has 3 aromatic rings. The van der Waals surface area contributed by atoms with Gasteiger partial charge in [-0.25, -0.2) is 4.98 Å². The first kappa shape index (κ1) is 19.6. The number of carbonyl (C=O) groups is 1. The van der Waals surface area contributed by atoms with Gasteiger partial charge >= 0.3 is 0 Å². The first-order valence-electron chi connectivity index (χ1n) is 8.85. The largest absolute Gasteiger partial charge is 0.315 e. The third-order valence-corrected chi connectivity index (χ3v) is 6.85. The van der Waals surface area contributed by atoms with Gasteiger partial charge in [0.05, 0.1) is 10.6 Å². The van der Waals surface area contributed by atoms with Gasteiger partial charge < -0.3 is 4.90 Å². The lowest BCUT2D eigenvalue weighted by atomic mass is 10.2. The first-order chi connectivity index (χ1) is 12.8. The highest BCUT2D eigenvalue weighted by Crippen LogP contribution is 2.30. The molecule has 0 aliphatic heterocycles. The van der Waals surface area contributed by atoms with Gasteiger partial charge in [-0.1, -0.05) is 30.0 Å². The molecule has 0 radical (unpaired) electrons. The number of amides is 1. The fourth-order valence-electron chi connectivity index (χ4n) is 2.94. The van der Waals surface area contributed by atoms with Gasteiger partial charge in [0.1, 0.15) is 4.83 Å². The van der Waals surface area contributed by atoms with Crippen molar-refractivity contribution in [1.82, 2.24) is 9.55 Å². The molecule has 1 amide bonds. The predicted molar refractivity (Wildman–Crippen MR) is 114 cm³/mol. The van der Waals surface area contributed by atoms with Gasteiger partial charge in [0, 0.05) is 24.2 Å². The van der Waals surface area contributed by atoms with Gasteiger partial charge in [-0.3, -0.25) is 14.2 Å². The Morgan fingerprint density at radius 1 is 1.30 bits per heavy atom. The molecule has 0 aliphatic rings. The number of nitrogens with zero attached hydrogens (tertiary/aromatic N) is 3. The maximum Gasteiger partial charge on any atom is 0.263 e. The summed E-state index contributed by atoms with van der Waals surface area (Å²) in [7, 11) is 1.77. The van der Waals surface area contributed by atoms with Gasteiger partial charge in [0.15, 0.2) is 5.16 Å². The number of hydrogen-bond donors (Lipinski definition) is 0. The van der Waals surface area contributed by atoms with Crippen LogP contribution in [-0.4, -0.2) is 27.8 Å². The van der Waals surface area contributed by atoms with Crippen LogP contribution in [-0.2, 0) is 11.3 Å². The van der Waals surface area contributed by atoms with Crippen LogP contribution in [0.5, 0.6) is 0 Å². The Balaban J connectivity index is 1.94. The monoisotopic (exact) mass is 401 g/mol. The van der Waals surface area contributed by atoms with E-state index in [2.05, 4.69) is 0 Å². The summed E-state index contributed by atoms with van der Waals surface area (Å²) in [5.74, 6) is -0.0262. The van der Waals surface area contributed by atoms with E-state index < -0.39 is 0 Å². The molecular weight excluding hydrogens is 378 g/mol. The molecule has 7 heteroatoms. The van der Waals surface area contributed by atoms with Crippen LogP contribution in [0.3, 0.4) is 0 Å². The summed E-state index contributed by atoms with van der Waals surface area (Å²) >= 11 is 2.87. The fraction of sp³-hybridized carbons (Fsp3) is 0.350.